The minimum absolute atomic E-state index is 0.620. The number of aromatic nitrogens is 3. The molecule has 0 aliphatic carbocycles. The third-order valence-corrected chi connectivity index (χ3v) is 8.24. The highest BCUT2D eigenvalue weighted by atomic mass is 16.3. The molecule has 0 spiro atoms. The monoisotopic (exact) mass is 537 g/mol. The standard InChI is InChI=1S/C38H23N3O/c1-2-10-24(11-3-1)25-18-20-26(21-19-25)35-31-14-4-7-15-32(31)39-38(40-35)41-33-16-8-5-12-27(33)29-22-23-30-28-13-6-9-17-34(28)42-37(30)36(29)41/h1-23H. The highest BCUT2D eigenvalue weighted by molar-refractivity contribution is 6.21. The van der Waals surface area contributed by atoms with Crippen LogP contribution in [-0.2, 0) is 0 Å². The maximum atomic E-state index is 6.54. The molecule has 4 heteroatoms. The van der Waals surface area contributed by atoms with Crippen LogP contribution in [0.4, 0.5) is 0 Å². The van der Waals surface area contributed by atoms with Gasteiger partial charge in [-0.15, -0.1) is 0 Å². The first-order chi connectivity index (χ1) is 20.8. The second kappa shape index (κ2) is 8.88. The fourth-order valence-corrected chi connectivity index (χ4v) is 6.27. The summed E-state index contributed by atoms with van der Waals surface area (Å²) >= 11 is 0. The number of para-hydroxylation sites is 3. The third-order valence-electron chi connectivity index (χ3n) is 8.24. The zero-order chi connectivity index (χ0) is 27.6. The summed E-state index contributed by atoms with van der Waals surface area (Å²) in [4.78, 5) is 10.4. The molecule has 3 heterocycles. The van der Waals surface area contributed by atoms with Gasteiger partial charge in [0.25, 0.3) is 0 Å². The van der Waals surface area contributed by atoms with Crippen LogP contribution in [0.2, 0.25) is 0 Å². The van der Waals surface area contributed by atoms with Crippen LogP contribution in [0.15, 0.2) is 144 Å². The maximum absolute atomic E-state index is 6.54. The van der Waals surface area contributed by atoms with E-state index >= 15 is 0 Å². The molecule has 0 saturated heterocycles. The Morgan fingerprint density at radius 1 is 0.452 bits per heavy atom. The van der Waals surface area contributed by atoms with Gasteiger partial charge in [-0.1, -0.05) is 115 Å². The fraction of sp³-hybridized carbons (Fsp3) is 0. The summed E-state index contributed by atoms with van der Waals surface area (Å²) in [5, 5.41) is 5.45. The zero-order valence-corrected chi connectivity index (χ0v) is 22.5. The van der Waals surface area contributed by atoms with Crippen molar-refractivity contribution in [2.75, 3.05) is 0 Å². The number of benzene rings is 6. The maximum Gasteiger partial charge on any atom is 0.235 e. The van der Waals surface area contributed by atoms with E-state index in [0.717, 1.165) is 65.9 Å². The molecule has 0 aliphatic heterocycles. The van der Waals surface area contributed by atoms with Crippen molar-refractivity contribution in [3.63, 3.8) is 0 Å². The average molecular weight is 538 g/mol. The summed E-state index contributed by atoms with van der Waals surface area (Å²) < 4.78 is 8.71. The van der Waals surface area contributed by atoms with Crippen molar-refractivity contribution >= 4 is 54.6 Å². The summed E-state index contributed by atoms with van der Waals surface area (Å²) in [5.74, 6) is 0.620. The van der Waals surface area contributed by atoms with Crippen molar-refractivity contribution in [3.8, 4) is 28.3 Å². The summed E-state index contributed by atoms with van der Waals surface area (Å²) in [7, 11) is 0. The van der Waals surface area contributed by atoms with Gasteiger partial charge in [0.05, 0.1) is 16.7 Å². The SMILES string of the molecule is c1ccc(-c2ccc(-c3nc(-n4c5ccccc5c5ccc6c7ccccc7oc6c54)nc4ccccc34)cc2)cc1. The van der Waals surface area contributed by atoms with Gasteiger partial charge < -0.3 is 4.42 Å². The Bertz CT molecular complexity index is 2450. The molecule has 0 atom stereocenters. The molecule has 42 heavy (non-hydrogen) atoms. The Kier molecular flexibility index (Phi) is 4.87. The van der Waals surface area contributed by atoms with E-state index in [1.807, 2.05) is 30.3 Å². The largest absolute Gasteiger partial charge is 0.454 e. The number of furan rings is 1. The minimum atomic E-state index is 0.620. The lowest BCUT2D eigenvalue weighted by molar-refractivity contribution is 0.671. The van der Waals surface area contributed by atoms with Crippen LogP contribution in [0.25, 0.3) is 83.0 Å². The number of nitrogens with zero attached hydrogens (tertiary/aromatic N) is 3. The van der Waals surface area contributed by atoms with Crippen molar-refractivity contribution in [2.24, 2.45) is 0 Å². The van der Waals surface area contributed by atoms with E-state index in [1.54, 1.807) is 0 Å². The van der Waals surface area contributed by atoms with Crippen LogP contribution in [0.5, 0.6) is 0 Å². The van der Waals surface area contributed by atoms with Crippen molar-refractivity contribution < 1.29 is 4.42 Å². The number of hydrogen-bond donors (Lipinski definition) is 0. The second-order valence-corrected chi connectivity index (χ2v) is 10.6. The van der Waals surface area contributed by atoms with E-state index in [4.69, 9.17) is 14.4 Å². The molecule has 0 radical (unpaired) electrons. The van der Waals surface area contributed by atoms with E-state index in [0.29, 0.717) is 5.95 Å². The molecule has 0 fully saturated rings. The smallest absolute Gasteiger partial charge is 0.235 e. The normalized spacial score (nSPS) is 11.8. The molecule has 0 bridgehead atoms. The molecule has 6 aromatic carbocycles. The van der Waals surface area contributed by atoms with Gasteiger partial charge in [0.15, 0.2) is 5.58 Å². The number of hydrogen-bond acceptors (Lipinski definition) is 3. The van der Waals surface area contributed by atoms with Gasteiger partial charge in [0, 0.05) is 32.5 Å². The van der Waals surface area contributed by atoms with Crippen LogP contribution in [-0.4, -0.2) is 14.5 Å². The van der Waals surface area contributed by atoms with Crippen LogP contribution in [0.1, 0.15) is 0 Å². The fourth-order valence-electron chi connectivity index (χ4n) is 6.27. The molecule has 196 valence electrons. The third kappa shape index (κ3) is 3.36. The van der Waals surface area contributed by atoms with Gasteiger partial charge in [-0.2, -0.15) is 0 Å². The van der Waals surface area contributed by atoms with E-state index in [9.17, 15) is 0 Å². The van der Waals surface area contributed by atoms with Crippen LogP contribution >= 0.6 is 0 Å². The molecule has 9 aromatic rings. The molecule has 9 rings (SSSR count). The quantitative estimate of drug-likeness (QED) is 0.225. The van der Waals surface area contributed by atoms with E-state index < -0.39 is 0 Å². The molecule has 0 N–H and O–H groups in total. The first kappa shape index (κ1) is 23.0. The first-order valence-electron chi connectivity index (χ1n) is 14.1. The van der Waals surface area contributed by atoms with Gasteiger partial charge in [-0.3, -0.25) is 4.57 Å². The summed E-state index contributed by atoms with van der Waals surface area (Å²) in [6, 6.07) is 48.3. The van der Waals surface area contributed by atoms with Crippen LogP contribution in [0.3, 0.4) is 0 Å². The van der Waals surface area contributed by atoms with E-state index in [1.165, 1.54) is 11.1 Å². The van der Waals surface area contributed by atoms with Crippen molar-refractivity contribution in [3.05, 3.63) is 140 Å². The highest BCUT2D eigenvalue weighted by Gasteiger charge is 2.21. The van der Waals surface area contributed by atoms with E-state index in [2.05, 4.69) is 114 Å². The Morgan fingerprint density at radius 2 is 1.10 bits per heavy atom. The topological polar surface area (TPSA) is 43.9 Å². The van der Waals surface area contributed by atoms with Crippen molar-refractivity contribution in [1.82, 2.24) is 14.5 Å². The second-order valence-electron chi connectivity index (χ2n) is 10.6. The van der Waals surface area contributed by atoms with Gasteiger partial charge in [0.1, 0.15) is 11.1 Å². The Hall–Kier alpha value is -5.74. The predicted molar refractivity (Wildman–Crippen MR) is 172 cm³/mol. The molecular weight excluding hydrogens is 514 g/mol. The zero-order valence-electron chi connectivity index (χ0n) is 22.5. The van der Waals surface area contributed by atoms with Crippen LogP contribution in [0, 0.1) is 0 Å². The first-order valence-corrected chi connectivity index (χ1v) is 14.1. The average Bonchev–Trinajstić information content (AvgIpc) is 3.61. The summed E-state index contributed by atoms with van der Waals surface area (Å²) in [6.45, 7) is 0. The minimum Gasteiger partial charge on any atom is -0.454 e. The van der Waals surface area contributed by atoms with Gasteiger partial charge in [0.2, 0.25) is 5.95 Å². The molecule has 0 unspecified atom stereocenters. The summed E-state index contributed by atoms with van der Waals surface area (Å²) in [6.07, 6.45) is 0. The molecule has 3 aromatic heterocycles. The Balaban J connectivity index is 1.35. The van der Waals surface area contributed by atoms with Gasteiger partial charge in [-0.05, 0) is 35.4 Å². The predicted octanol–water partition coefficient (Wildman–Crippen LogP) is 9.96. The molecule has 0 aliphatic rings. The van der Waals surface area contributed by atoms with Gasteiger partial charge in [-0.25, -0.2) is 9.97 Å². The highest BCUT2D eigenvalue weighted by Crippen LogP contribution is 2.40. The lowest BCUT2D eigenvalue weighted by Gasteiger charge is -2.12. The molecule has 0 saturated carbocycles. The molecular formula is C38H23N3O. The van der Waals surface area contributed by atoms with E-state index in [-0.39, 0.29) is 0 Å². The van der Waals surface area contributed by atoms with Crippen molar-refractivity contribution in [1.29, 1.82) is 0 Å². The lowest BCUT2D eigenvalue weighted by Crippen LogP contribution is -2.03. The molecule has 4 nitrogen and oxygen atoms in total. The van der Waals surface area contributed by atoms with Gasteiger partial charge >= 0.3 is 0 Å². The van der Waals surface area contributed by atoms with Crippen molar-refractivity contribution in [2.45, 2.75) is 0 Å². The summed E-state index contributed by atoms with van der Waals surface area (Å²) in [5.41, 5.74) is 8.94. The van der Waals surface area contributed by atoms with Crippen LogP contribution < -0.4 is 0 Å². The number of rotatable bonds is 3. The number of fused-ring (bicyclic) bond motifs is 8. The Morgan fingerprint density at radius 3 is 1.95 bits per heavy atom. The lowest BCUT2D eigenvalue weighted by atomic mass is 10.0. The molecule has 0 amide bonds. The Labute approximate surface area is 241 Å².